The van der Waals surface area contributed by atoms with Gasteiger partial charge in [-0.1, -0.05) is 12.1 Å². The van der Waals surface area contributed by atoms with E-state index in [4.69, 9.17) is 9.84 Å². The Hall–Kier alpha value is -1.59. The van der Waals surface area contributed by atoms with Crippen molar-refractivity contribution in [2.45, 2.75) is 11.5 Å². The molecule has 1 heterocycles. The number of ether oxygens (including phenoxy) is 1. The molecule has 1 aromatic carbocycles. The number of aliphatic hydroxyl groups excluding tert-OH is 1. The molecule has 0 unspecified atom stereocenters. The minimum atomic E-state index is -0.144. The predicted molar refractivity (Wildman–Crippen MR) is 66.3 cm³/mol. The Morgan fingerprint density at radius 2 is 2.12 bits per heavy atom. The van der Waals surface area contributed by atoms with Crippen LogP contribution in [0.1, 0.15) is 5.69 Å². The number of hydrogen-bond acceptors (Lipinski definition) is 5. The fourth-order valence-corrected chi connectivity index (χ4v) is 1.85. The van der Waals surface area contributed by atoms with Crippen LogP contribution in [0.2, 0.25) is 0 Å². The van der Waals surface area contributed by atoms with Crippen LogP contribution in [0, 0.1) is 0 Å². The number of thioether (sulfide) groups is 1. The summed E-state index contributed by atoms with van der Waals surface area (Å²) in [6.07, 6.45) is 5.02. The quantitative estimate of drug-likeness (QED) is 0.842. The molecule has 0 aliphatic heterocycles. The van der Waals surface area contributed by atoms with Crippen LogP contribution in [0.15, 0.2) is 41.6 Å². The molecule has 0 radical (unpaired) electrons. The smallest absolute Gasteiger partial charge is 0.238 e. The van der Waals surface area contributed by atoms with Gasteiger partial charge in [0.15, 0.2) is 0 Å². The van der Waals surface area contributed by atoms with Gasteiger partial charge in [0.2, 0.25) is 5.88 Å². The fraction of sp³-hybridized carbons (Fsp3) is 0.167. The number of nitrogens with zero attached hydrogens (tertiary/aromatic N) is 2. The van der Waals surface area contributed by atoms with Gasteiger partial charge in [-0.3, -0.25) is 4.98 Å². The first-order valence-electron chi connectivity index (χ1n) is 5.06. The number of hydrogen-bond donors (Lipinski definition) is 1. The van der Waals surface area contributed by atoms with E-state index in [0.29, 0.717) is 11.6 Å². The van der Waals surface area contributed by atoms with Crippen LogP contribution in [0.4, 0.5) is 0 Å². The van der Waals surface area contributed by atoms with E-state index in [0.717, 1.165) is 10.6 Å². The van der Waals surface area contributed by atoms with Crippen LogP contribution in [0.3, 0.4) is 0 Å². The van der Waals surface area contributed by atoms with E-state index in [-0.39, 0.29) is 6.61 Å². The molecule has 1 aromatic heterocycles. The van der Waals surface area contributed by atoms with E-state index in [1.807, 2.05) is 30.5 Å². The third-order valence-corrected chi connectivity index (χ3v) is 2.89. The zero-order valence-electron chi connectivity index (χ0n) is 9.33. The summed E-state index contributed by atoms with van der Waals surface area (Å²) in [4.78, 5) is 9.10. The lowest BCUT2D eigenvalue weighted by molar-refractivity contribution is 0.274. The summed E-state index contributed by atoms with van der Waals surface area (Å²) in [6.45, 7) is -0.144. The summed E-state index contributed by atoms with van der Waals surface area (Å²) in [5.41, 5.74) is 0.490. The average molecular weight is 248 g/mol. The number of aromatic nitrogens is 2. The Morgan fingerprint density at radius 1 is 1.29 bits per heavy atom. The number of aliphatic hydroxyl groups is 1. The lowest BCUT2D eigenvalue weighted by Crippen LogP contribution is -1.95. The maximum atomic E-state index is 8.97. The van der Waals surface area contributed by atoms with E-state index in [1.54, 1.807) is 11.8 Å². The van der Waals surface area contributed by atoms with E-state index in [2.05, 4.69) is 9.97 Å². The maximum absolute atomic E-state index is 8.97. The maximum Gasteiger partial charge on any atom is 0.238 e. The summed E-state index contributed by atoms with van der Waals surface area (Å²) in [5, 5.41) is 8.97. The Balaban J connectivity index is 2.24. The lowest BCUT2D eigenvalue weighted by atomic mass is 10.3. The molecule has 17 heavy (non-hydrogen) atoms. The Morgan fingerprint density at radius 3 is 2.88 bits per heavy atom. The van der Waals surface area contributed by atoms with Crippen molar-refractivity contribution in [1.29, 1.82) is 0 Å². The van der Waals surface area contributed by atoms with Crippen molar-refractivity contribution >= 4 is 11.8 Å². The minimum absolute atomic E-state index is 0.144. The Bertz CT molecular complexity index is 505. The molecule has 0 amide bonds. The van der Waals surface area contributed by atoms with Gasteiger partial charge in [-0.05, 0) is 18.4 Å². The molecular formula is C12H12N2O2S. The molecule has 2 rings (SSSR count). The number of rotatable bonds is 4. The highest BCUT2D eigenvalue weighted by Crippen LogP contribution is 2.30. The van der Waals surface area contributed by atoms with Gasteiger partial charge in [0.25, 0.3) is 0 Å². The molecule has 0 spiro atoms. The molecule has 0 aliphatic rings. The molecule has 0 saturated carbocycles. The highest BCUT2D eigenvalue weighted by Gasteiger charge is 2.05. The first-order valence-corrected chi connectivity index (χ1v) is 6.28. The number of benzene rings is 1. The van der Waals surface area contributed by atoms with Crippen LogP contribution < -0.4 is 4.74 Å². The summed E-state index contributed by atoms with van der Waals surface area (Å²) < 4.78 is 5.64. The Labute approximate surface area is 104 Å². The molecule has 5 heteroatoms. The normalized spacial score (nSPS) is 10.2. The zero-order valence-corrected chi connectivity index (χ0v) is 10.1. The Kier molecular flexibility index (Phi) is 3.95. The second-order valence-corrected chi connectivity index (χ2v) is 4.11. The van der Waals surface area contributed by atoms with Crippen LogP contribution in [0.5, 0.6) is 11.6 Å². The molecule has 2 aromatic rings. The number of para-hydroxylation sites is 1. The second-order valence-electron chi connectivity index (χ2n) is 3.26. The SMILES string of the molecule is CSc1ccccc1Oc1cncc(CO)n1. The van der Waals surface area contributed by atoms with Crippen LogP contribution in [-0.4, -0.2) is 21.3 Å². The molecule has 0 aliphatic carbocycles. The van der Waals surface area contributed by atoms with Gasteiger partial charge in [-0.2, -0.15) is 0 Å². The van der Waals surface area contributed by atoms with Crippen molar-refractivity contribution in [3.63, 3.8) is 0 Å². The van der Waals surface area contributed by atoms with Gasteiger partial charge in [0.1, 0.15) is 5.75 Å². The summed E-state index contributed by atoms with van der Waals surface area (Å²) >= 11 is 1.60. The van der Waals surface area contributed by atoms with Crippen LogP contribution >= 0.6 is 11.8 Å². The predicted octanol–water partition coefficient (Wildman–Crippen LogP) is 2.48. The van der Waals surface area contributed by atoms with Gasteiger partial charge in [0.05, 0.1) is 24.7 Å². The van der Waals surface area contributed by atoms with E-state index in [1.165, 1.54) is 12.4 Å². The second kappa shape index (κ2) is 5.65. The third kappa shape index (κ3) is 2.95. The highest BCUT2D eigenvalue weighted by atomic mass is 32.2. The van der Waals surface area contributed by atoms with Crippen molar-refractivity contribution in [2.24, 2.45) is 0 Å². The van der Waals surface area contributed by atoms with Crippen LogP contribution in [-0.2, 0) is 6.61 Å². The lowest BCUT2D eigenvalue weighted by Gasteiger charge is -2.08. The minimum Gasteiger partial charge on any atom is -0.436 e. The molecular weight excluding hydrogens is 236 g/mol. The molecule has 0 fully saturated rings. The summed E-state index contributed by atoms with van der Waals surface area (Å²) in [6, 6.07) is 7.70. The van der Waals surface area contributed by atoms with E-state index >= 15 is 0 Å². The molecule has 0 atom stereocenters. The van der Waals surface area contributed by atoms with Gasteiger partial charge >= 0.3 is 0 Å². The molecule has 88 valence electrons. The standard InChI is InChI=1S/C12H12N2O2S/c1-17-11-5-3-2-4-10(11)16-12-7-13-6-9(8-15)14-12/h2-7,15H,8H2,1H3. The monoisotopic (exact) mass is 248 g/mol. The summed E-state index contributed by atoms with van der Waals surface area (Å²) in [5.74, 6) is 1.13. The summed E-state index contributed by atoms with van der Waals surface area (Å²) in [7, 11) is 0. The third-order valence-electron chi connectivity index (χ3n) is 2.11. The first-order chi connectivity index (χ1) is 8.33. The van der Waals surface area contributed by atoms with Gasteiger partial charge in [-0.15, -0.1) is 11.8 Å². The topological polar surface area (TPSA) is 55.2 Å². The van der Waals surface area contributed by atoms with Gasteiger partial charge < -0.3 is 9.84 Å². The first kappa shape index (κ1) is 11.9. The van der Waals surface area contributed by atoms with Gasteiger partial charge in [-0.25, -0.2) is 4.98 Å². The van der Waals surface area contributed by atoms with Crippen LogP contribution in [0.25, 0.3) is 0 Å². The van der Waals surface area contributed by atoms with Gasteiger partial charge in [0, 0.05) is 4.90 Å². The van der Waals surface area contributed by atoms with Crippen molar-refractivity contribution in [3.8, 4) is 11.6 Å². The highest BCUT2D eigenvalue weighted by molar-refractivity contribution is 7.98. The largest absolute Gasteiger partial charge is 0.436 e. The molecule has 1 N–H and O–H groups in total. The fourth-order valence-electron chi connectivity index (χ4n) is 1.33. The molecule has 0 bridgehead atoms. The van der Waals surface area contributed by atoms with E-state index in [9.17, 15) is 0 Å². The average Bonchev–Trinajstić information content (AvgIpc) is 2.39. The van der Waals surface area contributed by atoms with Crippen molar-refractivity contribution in [2.75, 3.05) is 6.26 Å². The van der Waals surface area contributed by atoms with Crippen molar-refractivity contribution in [3.05, 3.63) is 42.4 Å². The zero-order chi connectivity index (χ0) is 12.1. The van der Waals surface area contributed by atoms with E-state index < -0.39 is 0 Å². The van der Waals surface area contributed by atoms with Crippen molar-refractivity contribution < 1.29 is 9.84 Å². The molecule has 4 nitrogen and oxygen atoms in total. The van der Waals surface area contributed by atoms with Crippen molar-refractivity contribution in [1.82, 2.24) is 9.97 Å². The molecule has 0 saturated heterocycles.